The number of rotatable bonds is 4. The lowest BCUT2D eigenvalue weighted by Crippen LogP contribution is -2.29. The average molecular weight is 494 g/mol. The number of Topliss-reactive ketones (excluding diaryl/α,β-unsaturated/α-hetero) is 1. The van der Waals surface area contributed by atoms with Gasteiger partial charge in [-0.3, -0.25) is 14.5 Å². The molecular weight excluding hydrogens is 478 g/mol. The summed E-state index contributed by atoms with van der Waals surface area (Å²) >= 11 is 3.35. The highest BCUT2D eigenvalue weighted by molar-refractivity contribution is 9.10. The SMILES string of the molecule is O=C1C(=O)N(c2ccc(C(=O)O)c(O)c2)C(c2ccc(Br)cc2)/C1=C(\O)c1ccccc1. The number of benzene rings is 3. The molecule has 160 valence electrons. The fourth-order valence-electron chi connectivity index (χ4n) is 3.66. The van der Waals surface area contributed by atoms with E-state index in [1.54, 1.807) is 54.6 Å². The molecule has 0 radical (unpaired) electrons. The molecule has 1 atom stereocenters. The smallest absolute Gasteiger partial charge is 0.339 e. The minimum atomic E-state index is -1.33. The van der Waals surface area contributed by atoms with Crippen molar-refractivity contribution in [3.05, 3.63) is 99.5 Å². The van der Waals surface area contributed by atoms with Crippen LogP contribution in [-0.4, -0.2) is 33.0 Å². The molecule has 3 aromatic rings. The van der Waals surface area contributed by atoms with E-state index in [1.807, 2.05) is 0 Å². The highest BCUT2D eigenvalue weighted by Crippen LogP contribution is 2.43. The second-order valence-corrected chi connectivity index (χ2v) is 8.01. The third kappa shape index (κ3) is 3.65. The molecule has 32 heavy (non-hydrogen) atoms. The number of nitrogens with zero attached hydrogens (tertiary/aromatic N) is 1. The van der Waals surface area contributed by atoms with E-state index < -0.39 is 29.5 Å². The zero-order valence-electron chi connectivity index (χ0n) is 16.4. The van der Waals surface area contributed by atoms with Gasteiger partial charge in [0.05, 0.1) is 11.6 Å². The fraction of sp³-hybridized carbons (Fsp3) is 0.0417. The molecule has 1 aliphatic heterocycles. The Labute approximate surface area is 191 Å². The summed E-state index contributed by atoms with van der Waals surface area (Å²) in [7, 11) is 0. The number of phenols is 1. The molecule has 8 heteroatoms. The number of hydrogen-bond donors (Lipinski definition) is 3. The second-order valence-electron chi connectivity index (χ2n) is 7.09. The van der Waals surface area contributed by atoms with Gasteiger partial charge in [-0.2, -0.15) is 0 Å². The number of carbonyl (C=O) groups is 3. The van der Waals surface area contributed by atoms with Crippen LogP contribution in [0.1, 0.15) is 27.5 Å². The van der Waals surface area contributed by atoms with E-state index in [0.29, 0.717) is 11.1 Å². The maximum Gasteiger partial charge on any atom is 0.339 e. The average Bonchev–Trinajstić information content (AvgIpc) is 3.04. The van der Waals surface area contributed by atoms with Crippen molar-refractivity contribution in [1.82, 2.24) is 0 Å². The number of carboxylic acid groups (broad SMARTS) is 1. The number of aliphatic hydroxyl groups excluding tert-OH is 1. The topological polar surface area (TPSA) is 115 Å². The number of halogens is 1. The van der Waals surface area contributed by atoms with Gasteiger partial charge in [0.15, 0.2) is 0 Å². The van der Waals surface area contributed by atoms with E-state index in [2.05, 4.69) is 15.9 Å². The molecule has 1 amide bonds. The van der Waals surface area contributed by atoms with Crippen molar-refractivity contribution in [2.75, 3.05) is 4.90 Å². The minimum absolute atomic E-state index is 0.106. The van der Waals surface area contributed by atoms with Crippen LogP contribution in [0.2, 0.25) is 0 Å². The summed E-state index contributed by atoms with van der Waals surface area (Å²) in [5.74, 6) is -4.00. The van der Waals surface area contributed by atoms with Crippen LogP contribution in [-0.2, 0) is 9.59 Å². The van der Waals surface area contributed by atoms with Crippen molar-refractivity contribution >= 4 is 45.0 Å². The highest BCUT2D eigenvalue weighted by Gasteiger charge is 2.47. The third-order valence-corrected chi connectivity index (χ3v) is 5.70. The van der Waals surface area contributed by atoms with Crippen LogP contribution in [0.15, 0.2) is 82.8 Å². The van der Waals surface area contributed by atoms with Crippen LogP contribution in [0.3, 0.4) is 0 Å². The van der Waals surface area contributed by atoms with E-state index in [1.165, 1.54) is 6.07 Å². The van der Waals surface area contributed by atoms with Gasteiger partial charge in [0.1, 0.15) is 17.1 Å². The van der Waals surface area contributed by atoms with Gasteiger partial charge in [-0.1, -0.05) is 58.4 Å². The molecule has 0 bridgehead atoms. The normalized spacial score (nSPS) is 17.5. The predicted octanol–water partition coefficient (Wildman–Crippen LogP) is 4.48. The largest absolute Gasteiger partial charge is 0.507 e. The number of anilines is 1. The Morgan fingerprint density at radius 2 is 1.56 bits per heavy atom. The van der Waals surface area contributed by atoms with Gasteiger partial charge in [-0.05, 0) is 29.8 Å². The summed E-state index contributed by atoms with van der Waals surface area (Å²) in [5.41, 5.74) is 0.595. The lowest BCUT2D eigenvalue weighted by molar-refractivity contribution is -0.132. The maximum absolute atomic E-state index is 13.1. The van der Waals surface area contributed by atoms with Gasteiger partial charge >= 0.3 is 5.97 Å². The number of hydrogen-bond acceptors (Lipinski definition) is 5. The van der Waals surface area contributed by atoms with Gasteiger partial charge in [-0.25, -0.2) is 4.79 Å². The third-order valence-electron chi connectivity index (χ3n) is 5.17. The summed E-state index contributed by atoms with van der Waals surface area (Å²) in [5, 5.41) is 30.3. The number of carboxylic acids is 1. The summed E-state index contributed by atoms with van der Waals surface area (Å²) in [6.07, 6.45) is 0. The Morgan fingerprint density at radius 3 is 2.16 bits per heavy atom. The molecule has 7 nitrogen and oxygen atoms in total. The first-order valence-corrected chi connectivity index (χ1v) is 10.3. The van der Waals surface area contributed by atoms with E-state index in [4.69, 9.17) is 0 Å². The van der Waals surface area contributed by atoms with Crippen LogP contribution in [0.5, 0.6) is 5.75 Å². The Kier molecular flexibility index (Phi) is 5.54. The van der Waals surface area contributed by atoms with Crippen LogP contribution >= 0.6 is 15.9 Å². The molecule has 1 aliphatic rings. The Morgan fingerprint density at radius 1 is 0.906 bits per heavy atom. The van der Waals surface area contributed by atoms with Crippen molar-refractivity contribution in [2.24, 2.45) is 0 Å². The lowest BCUT2D eigenvalue weighted by Gasteiger charge is -2.25. The predicted molar refractivity (Wildman–Crippen MR) is 120 cm³/mol. The fourth-order valence-corrected chi connectivity index (χ4v) is 3.93. The Balaban J connectivity index is 1.94. The summed E-state index contributed by atoms with van der Waals surface area (Å²) < 4.78 is 0.782. The van der Waals surface area contributed by atoms with Gasteiger partial charge in [0.2, 0.25) is 0 Å². The second kappa shape index (κ2) is 8.32. The summed E-state index contributed by atoms with van der Waals surface area (Å²) in [6, 6.07) is 17.9. The monoisotopic (exact) mass is 493 g/mol. The molecular formula is C24H16BrNO6. The Bertz CT molecular complexity index is 1270. The summed E-state index contributed by atoms with van der Waals surface area (Å²) in [4.78, 5) is 38.5. The molecule has 3 aromatic carbocycles. The molecule has 1 fully saturated rings. The first-order chi connectivity index (χ1) is 15.3. The van der Waals surface area contributed by atoms with Crippen molar-refractivity contribution in [3.8, 4) is 5.75 Å². The van der Waals surface area contributed by atoms with Crippen LogP contribution in [0.25, 0.3) is 5.76 Å². The first kappa shape index (κ1) is 21.3. The summed E-state index contributed by atoms with van der Waals surface area (Å²) in [6.45, 7) is 0. The number of ketones is 1. The van der Waals surface area contributed by atoms with Crippen molar-refractivity contribution in [3.63, 3.8) is 0 Å². The zero-order chi connectivity index (χ0) is 23.0. The molecule has 0 saturated carbocycles. The van der Waals surface area contributed by atoms with Gasteiger partial charge in [0, 0.05) is 21.8 Å². The van der Waals surface area contributed by atoms with E-state index in [-0.39, 0.29) is 22.6 Å². The minimum Gasteiger partial charge on any atom is -0.507 e. The number of aromatic carboxylic acids is 1. The van der Waals surface area contributed by atoms with Crippen LogP contribution in [0.4, 0.5) is 5.69 Å². The number of aliphatic hydroxyl groups is 1. The standard InChI is InChI=1S/C24H16BrNO6/c25-15-8-6-13(7-9-15)20-19(21(28)14-4-2-1-3-5-14)22(29)23(30)26(20)16-10-11-17(24(31)32)18(27)12-16/h1-12,20,27-28H,(H,31,32)/b21-19+. The van der Waals surface area contributed by atoms with Crippen LogP contribution in [0, 0.1) is 0 Å². The van der Waals surface area contributed by atoms with E-state index in [9.17, 15) is 29.7 Å². The lowest BCUT2D eigenvalue weighted by atomic mass is 9.95. The molecule has 3 N–H and O–H groups in total. The molecule has 0 aliphatic carbocycles. The van der Waals surface area contributed by atoms with E-state index >= 15 is 0 Å². The number of aromatic hydroxyl groups is 1. The highest BCUT2D eigenvalue weighted by atomic mass is 79.9. The van der Waals surface area contributed by atoms with Gasteiger partial charge < -0.3 is 15.3 Å². The van der Waals surface area contributed by atoms with Crippen LogP contribution < -0.4 is 4.90 Å². The van der Waals surface area contributed by atoms with Crippen molar-refractivity contribution in [2.45, 2.75) is 6.04 Å². The zero-order valence-corrected chi connectivity index (χ0v) is 18.0. The molecule has 4 rings (SSSR count). The van der Waals surface area contributed by atoms with E-state index in [0.717, 1.165) is 21.5 Å². The first-order valence-electron chi connectivity index (χ1n) is 9.48. The molecule has 0 aromatic heterocycles. The quantitative estimate of drug-likeness (QED) is 0.280. The molecule has 0 spiro atoms. The van der Waals surface area contributed by atoms with Crippen molar-refractivity contribution < 1.29 is 29.7 Å². The molecule has 1 heterocycles. The van der Waals surface area contributed by atoms with Gasteiger partial charge in [0.25, 0.3) is 11.7 Å². The number of carbonyl (C=O) groups excluding carboxylic acids is 2. The maximum atomic E-state index is 13.1. The molecule has 1 saturated heterocycles. The van der Waals surface area contributed by atoms with Crippen molar-refractivity contribution in [1.29, 1.82) is 0 Å². The Hall–Kier alpha value is -3.91. The molecule has 1 unspecified atom stereocenters. The number of amides is 1. The van der Waals surface area contributed by atoms with Gasteiger partial charge in [-0.15, -0.1) is 0 Å².